The molecular weight excluding hydrogens is 423 g/mol. The second-order valence-electron chi connectivity index (χ2n) is 4.86. The van der Waals surface area contributed by atoms with E-state index in [0.717, 1.165) is 36.1 Å². The van der Waals surface area contributed by atoms with Gasteiger partial charge < -0.3 is 10.6 Å². The van der Waals surface area contributed by atoms with Gasteiger partial charge in [0.2, 0.25) is 0 Å². The molecule has 1 heterocycles. The zero-order chi connectivity index (χ0) is 15.6. The van der Waals surface area contributed by atoms with Crippen molar-refractivity contribution in [3.05, 3.63) is 64.9 Å². The van der Waals surface area contributed by atoms with E-state index in [0.29, 0.717) is 6.54 Å². The first kappa shape index (κ1) is 19.7. The Bertz CT molecular complexity index is 587. The first-order chi connectivity index (χ1) is 10.8. The fourth-order valence-electron chi connectivity index (χ4n) is 1.97. The van der Waals surface area contributed by atoms with Crippen molar-refractivity contribution in [1.82, 2.24) is 15.6 Å². The average Bonchev–Trinajstić information content (AvgIpc) is 2.55. The van der Waals surface area contributed by atoms with E-state index in [9.17, 15) is 0 Å². The molecule has 0 saturated carbocycles. The summed E-state index contributed by atoms with van der Waals surface area (Å²) in [6.45, 7) is 4.33. The minimum atomic E-state index is 0. The van der Waals surface area contributed by atoms with E-state index in [2.05, 4.69) is 33.6 Å². The number of hydrogen-bond acceptors (Lipinski definition) is 2. The highest BCUT2D eigenvalue weighted by Crippen LogP contribution is 2.10. The largest absolute Gasteiger partial charge is 0.357 e. The highest BCUT2D eigenvalue weighted by molar-refractivity contribution is 14.0. The van der Waals surface area contributed by atoms with E-state index in [1.165, 1.54) is 5.56 Å². The lowest BCUT2D eigenvalue weighted by molar-refractivity contribution is 0.798. The van der Waals surface area contributed by atoms with Gasteiger partial charge in [0.25, 0.3) is 0 Å². The summed E-state index contributed by atoms with van der Waals surface area (Å²) in [5.41, 5.74) is 2.34. The molecule has 0 radical (unpaired) electrons. The van der Waals surface area contributed by atoms with Crippen molar-refractivity contribution in [2.24, 2.45) is 4.99 Å². The third-order valence-corrected chi connectivity index (χ3v) is 3.36. The van der Waals surface area contributed by atoms with Gasteiger partial charge in [0.1, 0.15) is 0 Å². The first-order valence-electron chi connectivity index (χ1n) is 7.43. The van der Waals surface area contributed by atoms with Gasteiger partial charge in [0.15, 0.2) is 5.96 Å². The molecule has 0 spiro atoms. The van der Waals surface area contributed by atoms with Gasteiger partial charge in [-0.1, -0.05) is 29.8 Å². The van der Waals surface area contributed by atoms with Crippen molar-refractivity contribution < 1.29 is 0 Å². The average molecular weight is 445 g/mol. The summed E-state index contributed by atoms with van der Waals surface area (Å²) in [6, 6.07) is 11.8. The minimum Gasteiger partial charge on any atom is -0.357 e. The SMILES string of the molecule is CCNC(=NCc1ccc(Cl)cc1)NCCc1cccnc1.I. The molecule has 0 aliphatic heterocycles. The van der Waals surface area contributed by atoms with E-state index < -0.39 is 0 Å². The molecule has 2 rings (SSSR count). The van der Waals surface area contributed by atoms with Gasteiger partial charge in [-0.15, -0.1) is 24.0 Å². The second kappa shape index (κ2) is 11.2. The quantitative estimate of drug-likeness (QED) is 0.406. The number of halogens is 2. The highest BCUT2D eigenvalue weighted by atomic mass is 127. The summed E-state index contributed by atoms with van der Waals surface area (Å²) in [4.78, 5) is 8.70. The molecule has 124 valence electrons. The van der Waals surface area contributed by atoms with Crippen LogP contribution < -0.4 is 10.6 Å². The van der Waals surface area contributed by atoms with Crippen LogP contribution in [0, 0.1) is 0 Å². The number of rotatable bonds is 6. The molecule has 0 aliphatic rings. The van der Waals surface area contributed by atoms with Crippen LogP contribution >= 0.6 is 35.6 Å². The van der Waals surface area contributed by atoms with Gasteiger partial charge in [-0.05, 0) is 42.7 Å². The smallest absolute Gasteiger partial charge is 0.191 e. The Kier molecular flexibility index (Phi) is 9.63. The van der Waals surface area contributed by atoms with Crippen molar-refractivity contribution in [3.8, 4) is 0 Å². The number of guanidine groups is 1. The number of pyridine rings is 1. The third-order valence-electron chi connectivity index (χ3n) is 3.11. The summed E-state index contributed by atoms with van der Waals surface area (Å²) in [5.74, 6) is 0.821. The molecule has 0 atom stereocenters. The zero-order valence-corrected chi connectivity index (χ0v) is 16.2. The highest BCUT2D eigenvalue weighted by Gasteiger charge is 1.98. The lowest BCUT2D eigenvalue weighted by Crippen LogP contribution is -2.38. The molecule has 0 aliphatic carbocycles. The number of aromatic nitrogens is 1. The van der Waals surface area contributed by atoms with Crippen LogP contribution in [0.5, 0.6) is 0 Å². The van der Waals surface area contributed by atoms with Gasteiger partial charge in [0, 0.05) is 30.5 Å². The van der Waals surface area contributed by atoms with Crippen LogP contribution in [-0.4, -0.2) is 24.0 Å². The Balaban J connectivity index is 0.00000264. The maximum atomic E-state index is 5.89. The number of aliphatic imine (C=N–C) groups is 1. The molecule has 0 saturated heterocycles. The maximum Gasteiger partial charge on any atom is 0.191 e. The van der Waals surface area contributed by atoms with Crippen molar-refractivity contribution >= 4 is 41.5 Å². The molecule has 0 amide bonds. The van der Waals surface area contributed by atoms with Crippen LogP contribution in [0.2, 0.25) is 5.02 Å². The van der Waals surface area contributed by atoms with Crippen LogP contribution in [0.3, 0.4) is 0 Å². The number of nitrogens with one attached hydrogen (secondary N) is 2. The van der Waals surface area contributed by atoms with Crippen molar-refractivity contribution in [1.29, 1.82) is 0 Å². The Morgan fingerprint density at radius 2 is 1.91 bits per heavy atom. The summed E-state index contributed by atoms with van der Waals surface area (Å²) in [5, 5.41) is 7.33. The Labute approximate surface area is 159 Å². The molecule has 0 unspecified atom stereocenters. The van der Waals surface area contributed by atoms with Crippen LogP contribution in [0.15, 0.2) is 53.8 Å². The molecule has 4 nitrogen and oxygen atoms in total. The molecule has 6 heteroatoms. The lowest BCUT2D eigenvalue weighted by atomic mass is 10.2. The molecule has 1 aromatic carbocycles. The Hall–Kier alpha value is -1.34. The van der Waals surface area contributed by atoms with Crippen LogP contribution in [0.4, 0.5) is 0 Å². The lowest BCUT2D eigenvalue weighted by Gasteiger charge is -2.11. The van der Waals surface area contributed by atoms with Crippen molar-refractivity contribution in [2.45, 2.75) is 19.9 Å². The second-order valence-corrected chi connectivity index (χ2v) is 5.30. The first-order valence-corrected chi connectivity index (χ1v) is 7.81. The third kappa shape index (κ3) is 7.65. The van der Waals surface area contributed by atoms with E-state index in [4.69, 9.17) is 11.6 Å². The summed E-state index contributed by atoms with van der Waals surface area (Å²) < 4.78 is 0. The summed E-state index contributed by atoms with van der Waals surface area (Å²) in [6.07, 6.45) is 4.59. The van der Waals surface area contributed by atoms with Gasteiger partial charge in [-0.3, -0.25) is 4.98 Å². The molecule has 2 N–H and O–H groups in total. The topological polar surface area (TPSA) is 49.3 Å². The fourth-order valence-corrected chi connectivity index (χ4v) is 2.10. The normalized spacial score (nSPS) is 10.8. The predicted molar refractivity (Wildman–Crippen MR) is 108 cm³/mol. The minimum absolute atomic E-state index is 0. The van der Waals surface area contributed by atoms with E-state index in [-0.39, 0.29) is 24.0 Å². The molecule has 23 heavy (non-hydrogen) atoms. The zero-order valence-electron chi connectivity index (χ0n) is 13.1. The van der Waals surface area contributed by atoms with Crippen LogP contribution in [0.25, 0.3) is 0 Å². The van der Waals surface area contributed by atoms with E-state index in [1.807, 2.05) is 36.5 Å². The van der Waals surface area contributed by atoms with Gasteiger partial charge >= 0.3 is 0 Å². The molecular formula is C17H22ClIN4. The Morgan fingerprint density at radius 1 is 1.13 bits per heavy atom. The van der Waals surface area contributed by atoms with Crippen LogP contribution in [-0.2, 0) is 13.0 Å². The number of benzene rings is 1. The predicted octanol–water partition coefficient (Wildman–Crippen LogP) is 3.65. The van der Waals surface area contributed by atoms with Gasteiger partial charge in [-0.25, -0.2) is 4.99 Å². The number of hydrogen-bond donors (Lipinski definition) is 2. The molecule has 1 aromatic heterocycles. The molecule has 0 bridgehead atoms. The van der Waals surface area contributed by atoms with Crippen LogP contribution in [0.1, 0.15) is 18.1 Å². The molecule has 0 fully saturated rings. The summed E-state index contributed by atoms with van der Waals surface area (Å²) in [7, 11) is 0. The van der Waals surface area contributed by atoms with E-state index in [1.54, 1.807) is 6.20 Å². The van der Waals surface area contributed by atoms with Crippen molar-refractivity contribution in [3.63, 3.8) is 0 Å². The monoisotopic (exact) mass is 444 g/mol. The fraction of sp³-hybridized carbons (Fsp3) is 0.294. The number of nitrogens with zero attached hydrogens (tertiary/aromatic N) is 2. The van der Waals surface area contributed by atoms with Gasteiger partial charge in [0.05, 0.1) is 6.54 Å². The standard InChI is InChI=1S/C17H21ClN4.HI/c1-2-20-17(21-11-9-14-4-3-10-19-12-14)22-13-15-5-7-16(18)8-6-15;/h3-8,10,12H,2,9,11,13H2,1H3,(H2,20,21,22);1H. The summed E-state index contributed by atoms with van der Waals surface area (Å²) >= 11 is 5.89. The van der Waals surface area contributed by atoms with Crippen molar-refractivity contribution in [2.75, 3.05) is 13.1 Å². The Morgan fingerprint density at radius 3 is 2.57 bits per heavy atom. The van der Waals surface area contributed by atoms with Gasteiger partial charge in [-0.2, -0.15) is 0 Å². The molecule has 2 aromatic rings. The van der Waals surface area contributed by atoms with E-state index >= 15 is 0 Å². The maximum absolute atomic E-state index is 5.89.